The van der Waals surface area contributed by atoms with Gasteiger partial charge in [-0.3, -0.25) is 0 Å². The van der Waals surface area contributed by atoms with Crippen molar-refractivity contribution < 1.29 is 9.26 Å². The van der Waals surface area contributed by atoms with E-state index < -0.39 is 0 Å². The molecular formula is C13H16N2O2. The van der Waals surface area contributed by atoms with E-state index in [-0.39, 0.29) is 0 Å². The van der Waals surface area contributed by atoms with Gasteiger partial charge in [-0.15, -0.1) is 0 Å². The van der Waals surface area contributed by atoms with Gasteiger partial charge in [0, 0.05) is 0 Å². The zero-order valence-corrected chi connectivity index (χ0v) is 10.2. The number of rotatable bonds is 3. The molecule has 0 radical (unpaired) electrons. The molecule has 0 spiro atoms. The number of benzene rings is 1. The van der Waals surface area contributed by atoms with Crippen molar-refractivity contribution in [1.29, 1.82) is 0 Å². The minimum Gasteiger partial charge on any atom is -0.496 e. The summed E-state index contributed by atoms with van der Waals surface area (Å²) < 4.78 is 10.2. The van der Waals surface area contributed by atoms with Gasteiger partial charge in [-0.25, -0.2) is 0 Å². The molecule has 0 aliphatic carbocycles. The quantitative estimate of drug-likeness (QED) is 0.883. The number of aromatic nitrogens is 1. The molecule has 2 aromatic rings. The Kier molecular flexibility index (Phi) is 3.04. The summed E-state index contributed by atoms with van der Waals surface area (Å²) in [6.45, 7) is 4.25. The summed E-state index contributed by atoms with van der Waals surface area (Å²) in [5.74, 6) is 1.68. The smallest absolute Gasteiger partial charge is 0.174 e. The van der Waals surface area contributed by atoms with E-state index >= 15 is 0 Å². The molecule has 0 atom stereocenters. The minimum absolute atomic E-state index is 0.381. The third-order valence-corrected chi connectivity index (χ3v) is 2.76. The molecule has 2 rings (SSSR count). The highest BCUT2D eigenvalue weighted by Gasteiger charge is 2.12. The van der Waals surface area contributed by atoms with E-state index in [2.05, 4.69) is 25.1 Å². The third-order valence-electron chi connectivity index (χ3n) is 2.76. The lowest BCUT2D eigenvalue weighted by Gasteiger charge is -2.13. The number of ether oxygens (including phenoxy) is 1. The van der Waals surface area contributed by atoms with Crippen LogP contribution in [0.25, 0.3) is 11.1 Å². The van der Waals surface area contributed by atoms with Crippen molar-refractivity contribution in [3.05, 3.63) is 30.0 Å². The van der Waals surface area contributed by atoms with Crippen LogP contribution in [0.5, 0.6) is 5.75 Å². The second kappa shape index (κ2) is 4.49. The maximum absolute atomic E-state index is 5.73. The molecule has 90 valence electrons. The predicted octanol–water partition coefficient (Wildman–Crippen LogP) is 3.06. The molecule has 0 bridgehead atoms. The van der Waals surface area contributed by atoms with Crippen molar-refractivity contribution >= 4 is 5.82 Å². The molecule has 0 aliphatic rings. The van der Waals surface area contributed by atoms with E-state index in [1.54, 1.807) is 13.4 Å². The number of methoxy groups -OCH3 is 1. The maximum atomic E-state index is 5.73. The van der Waals surface area contributed by atoms with Crippen LogP contribution in [-0.2, 0) is 0 Å². The van der Waals surface area contributed by atoms with Gasteiger partial charge in [0.1, 0.15) is 12.0 Å². The molecule has 1 aromatic heterocycles. The molecule has 17 heavy (non-hydrogen) atoms. The second-order valence-electron chi connectivity index (χ2n) is 4.22. The summed E-state index contributed by atoms with van der Waals surface area (Å²) >= 11 is 0. The van der Waals surface area contributed by atoms with Gasteiger partial charge in [0.05, 0.1) is 12.7 Å². The Balaban J connectivity index is 2.51. The average molecular weight is 232 g/mol. The van der Waals surface area contributed by atoms with Crippen LogP contribution in [0.1, 0.15) is 25.3 Å². The van der Waals surface area contributed by atoms with Gasteiger partial charge in [0.25, 0.3) is 0 Å². The third kappa shape index (κ3) is 2.11. The minimum atomic E-state index is 0.381. The van der Waals surface area contributed by atoms with Crippen LogP contribution in [0.3, 0.4) is 0 Å². The highest BCUT2D eigenvalue weighted by Crippen LogP contribution is 2.33. The Bertz CT molecular complexity index is 518. The van der Waals surface area contributed by atoms with Crippen molar-refractivity contribution in [2.75, 3.05) is 12.8 Å². The maximum Gasteiger partial charge on any atom is 0.174 e. The van der Waals surface area contributed by atoms with Gasteiger partial charge in [0.15, 0.2) is 5.82 Å². The van der Waals surface area contributed by atoms with Crippen LogP contribution in [0, 0.1) is 0 Å². The Hall–Kier alpha value is -1.97. The number of nitrogens with two attached hydrogens (primary N) is 1. The Morgan fingerprint density at radius 2 is 2.12 bits per heavy atom. The highest BCUT2D eigenvalue weighted by atomic mass is 16.5. The number of anilines is 1. The first-order valence-electron chi connectivity index (χ1n) is 5.51. The topological polar surface area (TPSA) is 61.3 Å². The van der Waals surface area contributed by atoms with Crippen LogP contribution in [0.15, 0.2) is 29.0 Å². The van der Waals surface area contributed by atoms with Gasteiger partial charge in [0.2, 0.25) is 0 Å². The summed E-state index contributed by atoms with van der Waals surface area (Å²) in [5, 5.41) is 3.68. The molecule has 0 aliphatic heterocycles. The number of hydrogen-bond acceptors (Lipinski definition) is 4. The summed E-state index contributed by atoms with van der Waals surface area (Å²) in [4.78, 5) is 0. The molecule has 2 N–H and O–H groups in total. The van der Waals surface area contributed by atoms with E-state index in [1.807, 2.05) is 12.1 Å². The van der Waals surface area contributed by atoms with Gasteiger partial charge in [-0.1, -0.05) is 25.1 Å². The van der Waals surface area contributed by atoms with E-state index in [0.717, 1.165) is 22.4 Å². The van der Waals surface area contributed by atoms with Gasteiger partial charge >= 0.3 is 0 Å². The lowest BCUT2D eigenvalue weighted by atomic mass is 9.97. The molecular weight excluding hydrogens is 216 g/mol. The first-order valence-corrected chi connectivity index (χ1v) is 5.51. The zero-order valence-electron chi connectivity index (χ0n) is 10.2. The van der Waals surface area contributed by atoms with Crippen LogP contribution < -0.4 is 10.5 Å². The average Bonchev–Trinajstić information content (AvgIpc) is 2.74. The highest BCUT2D eigenvalue weighted by molar-refractivity contribution is 5.73. The van der Waals surface area contributed by atoms with E-state index in [9.17, 15) is 0 Å². The Labute approximate surface area is 100 Å². The Morgan fingerprint density at radius 3 is 2.65 bits per heavy atom. The number of nitrogens with zero attached hydrogens (tertiary/aromatic N) is 1. The van der Waals surface area contributed by atoms with Crippen LogP contribution >= 0.6 is 0 Å². The molecule has 1 aromatic carbocycles. The second-order valence-corrected chi connectivity index (χ2v) is 4.22. The number of nitrogen functional groups attached to an aromatic ring is 1. The van der Waals surface area contributed by atoms with Crippen molar-refractivity contribution in [3.8, 4) is 16.9 Å². The lowest BCUT2D eigenvalue weighted by molar-refractivity contribution is 0.407. The molecule has 0 fully saturated rings. The molecule has 1 heterocycles. The summed E-state index contributed by atoms with van der Waals surface area (Å²) in [5.41, 5.74) is 8.69. The summed E-state index contributed by atoms with van der Waals surface area (Å²) in [6.07, 6.45) is 1.56. The predicted molar refractivity (Wildman–Crippen MR) is 67.0 cm³/mol. The molecule has 0 saturated carbocycles. The first-order chi connectivity index (χ1) is 8.13. The summed E-state index contributed by atoms with van der Waals surface area (Å²) in [7, 11) is 1.68. The monoisotopic (exact) mass is 232 g/mol. The lowest BCUT2D eigenvalue weighted by Crippen LogP contribution is -1.95. The SMILES string of the molecule is COc1ccc(-c2conc2N)cc1C(C)C. The van der Waals surface area contributed by atoms with Crippen molar-refractivity contribution in [2.45, 2.75) is 19.8 Å². The van der Waals surface area contributed by atoms with Crippen LogP contribution in [-0.4, -0.2) is 12.3 Å². The standard InChI is InChI=1S/C13H16N2O2/c1-8(2)10-6-9(4-5-12(10)16-3)11-7-17-15-13(11)14/h4-8H,1-3H3,(H2,14,15). The molecule has 0 amide bonds. The van der Waals surface area contributed by atoms with Crippen LogP contribution in [0.4, 0.5) is 5.82 Å². The van der Waals surface area contributed by atoms with E-state index in [1.165, 1.54) is 0 Å². The first kappa shape index (κ1) is 11.5. The normalized spacial score (nSPS) is 10.8. The van der Waals surface area contributed by atoms with E-state index in [4.69, 9.17) is 15.0 Å². The molecule has 0 saturated heterocycles. The zero-order chi connectivity index (χ0) is 12.4. The molecule has 4 heteroatoms. The van der Waals surface area contributed by atoms with Crippen molar-refractivity contribution in [2.24, 2.45) is 0 Å². The van der Waals surface area contributed by atoms with Crippen LogP contribution in [0.2, 0.25) is 0 Å². The largest absolute Gasteiger partial charge is 0.496 e. The van der Waals surface area contributed by atoms with E-state index in [0.29, 0.717) is 11.7 Å². The molecule has 4 nitrogen and oxygen atoms in total. The summed E-state index contributed by atoms with van der Waals surface area (Å²) in [6, 6.07) is 5.96. The number of hydrogen-bond donors (Lipinski definition) is 1. The fraction of sp³-hybridized carbons (Fsp3) is 0.308. The van der Waals surface area contributed by atoms with Gasteiger partial charge in [-0.05, 0) is 29.2 Å². The van der Waals surface area contributed by atoms with Crippen molar-refractivity contribution in [3.63, 3.8) is 0 Å². The van der Waals surface area contributed by atoms with Gasteiger partial charge in [-0.2, -0.15) is 0 Å². The molecule has 0 unspecified atom stereocenters. The van der Waals surface area contributed by atoms with Crippen molar-refractivity contribution in [1.82, 2.24) is 5.16 Å². The fourth-order valence-electron chi connectivity index (χ4n) is 1.81. The fourth-order valence-corrected chi connectivity index (χ4v) is 1.81. The Morgan fingerprint density at radius 1 is 1.35 bits per heavy atom. The van der Waals surface area contributed by atoms with Gasteiger partial charge < -0.3 is 15.0 Å².